The van der Waals surface area contributed by atoms with Gasteiger partial charge in [-0.25, -0.2) is 9.78 Å². The lowest BCUT2D eigenvalue weighted by Gasteiger charge is -2.20. The van der Waals surface area contributed by atoms with Crippen molar-refractivity contribution in [2.75, 3.05) is 13.7 Å². The molecule has 0 bridgehead atoms. The minimum Gasteiger partial charge on any atom is -0.481 e. The van der Waals surface area contributed by atoms with Crippen LogP contribution in [0.2, 0.25) is 0 Å². The zero-order chi connectivity index (χ0) is 21.3. The zero-order valence-electron chi connectivity index (χ0n) is 18.1. The van der Waals surface area contributed by atoms with Gasteiger partial charge in [0.05, 0.1) is 13.5 Å². The number of benzene rings is 2. The summed E-state index contributed by atoms with van der Waals surface area (Å²) >= 11 is 0. The minimum absolute atomic E-state index is 0.0957. The Morgan fingerprint density at radius 2 is 1.57 bits per heavy atom. The van der Waals surface area contributed by atoms with Crippen LogP contribution in [0, 0.1) is 27.7 Å². The molecular formula is C24H32O4. The van der Waals surface area contributed by atoms with Crippen molar-refractivity contribution < 1.29 is 19.7 Å². The van der Waals surface area contributed by atoms with Crippen molar-refractivity contribution in [3.05, 3.63) is 75.4 Å². The summed E-state index contributed by atoms with van der Waals surface area (Å²) in [4.78, 5) is 21.4. The third-order valence-corrected chi connectivity index (χ3v) is 4.88. The van der Waals surface area contributed by atoms with Gasteiger partial charge in [0.2, 0.25) is 0 Å². The van der Waals surface area contributed by atoms with E-state index >= 15 is 0 Å². The van der Waals surface area contributed by atoms with Gasteiger partial charge in [-0.1, -0.05) is 50.2 Å². The molecule has 0 aliphatic rings. The van der Waals surface area contributed by atoms with Crippen molar-refractivity contribution in [1.82, 2.24) is 0 Å². The van der Waals surface area contributed by atoms with Crippen LogP contribution < -0.4 is 0 Å². The number of hydrogen-bond acceptors (Lipinski definition) is 3. The van der Waals surface area contributed by atoms with Crippen LogP contribution in [-0.2, 0) is 14.6 Å². The van der Waals surface area contributed by atoms with Gasteiger partial charge in [-0.2, -0.15) is 0 Å². The molecule has 0 saturated carbocycles. The summed E-state index contributed by atoms with van der Waals surface area (Å²) in [7, 11) is 1.42. The summed E-state index contributed by atoms with van der Waals surface area (Å²) in [6, 6.07) is 12.0. The van der Waals surface area contributed by atoms with Gasteiger partial charge in [-0.3, -0.25) is 4.79 Å². The van der Waals surface area contributed by atoms with E-state index in [4.69, 9.17) is 9.78 Å². The van der Waals surface area contributed by atoms with Gasteiger partial charge >= 0.3 is 5.97 Å². The highest BCUT2D eigenvalue weighted by atomic mass is 17.2. The molecule has 0 saturated heterocycles. The minimum atomic E-state index is -0.897. The Morgan fingerprint density at radius 1 is 0.964 bits per heavy atom. The number of carbonyl (C=O) groups is 1. The summed E-state index contributed by atoms with van der Waals surface area (Å²) in [5.74, 6) is -0.897. The van der Waals surface area contributed by atoms with Gasteiger partial charge in [0.25, 0.3) is 0 Å². The maximum absolute atomic E-state index is 11.5. The molecule has 0 heterocycles. The Hall–Kier alpha value is -2.43. The number of hydrogen-bond donors (Lipinski definition) is 1. The molecule has 2 aromatic carbocycles. The first-order chi connectivity index (χ1) is 13.4. The van der Waals surface area contributed by atoms with Gasteiger partial charge < -0.3 is 5.11 Å². The molecule has 0 spiro atoms. The van der Waals surface area contributed by atoms with Gasteiger partial charge in [0, 0.05) is 0 Å². The second-order valence-corrected chi connectivity index (χ2v) is 6.46. The van der Waals surface area contributed by atoms with Crippen molar-refractivity contribution in [3.8, 4) is 0 Å². The summed E-state index contributed by atoms with van der Waals surface area (Å²) in [5, 5.41) is 9.42. The molecular weight excluding hydrogens is 352 g/mol. The van der Waals surface area contributed by atoms with E-state index in [1.165, 1.54) is 23.8 Å². The molecule has 4 heteroatoms. The van der Waals surface area contributed by atoms with Gasteiger partial charge in [-0.05, 0) is 72.2 Å². The maximum Gasteiger partial charge on any atom is 0.307 e. The van der Waals surface area contributed by atoms with Crippen LogP contribution in [0.4, 0.5) is 0 Å². The molecule has 0 unspecified atom stereocenters. The van der Waals surface area contributed by atoms with E-state index in [0.29, 0.717) is 5.57 Å². The number of rotatable bonds is 7. The molecule has 2 aromatic rings. The summed E-state index contributed by atoms with van der Waals surface area (Å²) in [6.45, 7) is 12.5. The van der Waals surface area contributed by atoms with Crippen molar-refractivity contribution in [2.45, 2.75) is 48.0 Å². The zero-order valence-corrected chi connectivity index (χ0v) is 18.1. The quantitative estimate of drug-likeness (QED) is 0.484. The third kappa shape index (κ3) is 5.78. The first kappa shape index (κ1) is 23.6. The molecule has 0 aromatic heterocycles. The van der Waals surface area contributed by atoms with Gasteiger partial charge in [-0.15, -0.1) is 0 Å². The fraction of sp³-hybridized carbons (Fsp3) is 0.375. The summed E-state index contributed by atoms with van der Waals surface area (Å²) in [5.41, 5.74) is 8.38. The van der Waals surface area contributed by atoms with Crippen molar-refractivity contribution >= 4 is 11.5 Å². The molecule has 0 aliphatic carbocycles. The first-order valence-electron chi connectivity index (χ1n) is 9.59. The van der Waals surface area contributed by atoms with E-state index in [1.807, 2.05) is 44.2 Å². The van der Waals surface area contributed by atoms with Crippen LogP contribution in [0.15, 0.2) is 42.0 Å². The SMILES string of the molecule is CC.COOCC(CC(=O)O)=C(c1ccccc1)c1cc(C)c(C)c(C)c1C. The predicted molar refractivity (Wildman–Crippen MR) is 114 cm³/mol. The lowest BCUT2D eigenvalue weighted by Crippen LogP contribution is -2.09. The fourth-order valence-corrected chi connectivity index (χ4v) is 3.15. The molecule has 2 rings (SSSR count). The molecule has 0 radical (unpaired) electrons. The molecule has 0 amide bonds. The number of aliphatic carboxylic acids is 1. The monoisotopic (exact) mass is 384 g/mol. The van der Waals surface area contributed by atoms with Crippen molar-refractivity contribution in [1.29, 1.82) is 0 Å². The lowest BCUT2D eigenvalue weighted by molar-refractivity contribution is -0.265. The average Bonchev–Trinajstić information content (AvgIpc) is 2.70. The largest absolute Gasteiger partial charge is 0.481 e. The summed E-state index contributed by atoms with van der Waals surface area (Å²) < 4.78 is 0. The average molecular weight is 385 g/mol. The van der Waals surface area contributed by atoms with Gasteiger partial charge in [0.1, 0.15) is 6.61 Å². The molecule has 4 nitrogen and oxygen atoms in total. The normalized spacial score (nSPS) is 11.4. The van der Waals surface area contributed by atoms with Crippen molar-refractivity contribution in [2.24, 2.45) is 0 Å². The molecule has 0 aliphatic heterocycles. The molecule has 1 N–H and O–H groups in total. The standard InChI is InChI=1S/C22H26O4.C2H6/c1-14-11-20(17(4)16(3)15(14)2)22(18-9-7-6-8-10-18)19(12-21(23)24)13-26-25-5;1-2/h6-11H,12-13H2,1-5H3,(H,23,24);1-2H3. The van der Waals surface area contributed by atoms with E-state index in [9.17, 15) is 9.90 Å². The van der Waals surface area contributed by atoms with Gasteiger partial charge in [0.15, 0.2) is 0 Å². The smallest absolute Gasteiger partial charge is 0.307 e. The van der Waals surface area contributed by atoms with Crippen LogP contribution in [-0.4, -0.2) is 24.8 Å². The Morgan fingerprint density at radius 3 is 2.11 bits per heavy atom. The lowest BCUT2D eigenvalue weighted by atomic mass is 9.85. The second-order valence-electron chi connectivity index (χ2n) is 6.46. The fourth-order valence-electron chi connectivity index (χ4n) is 3.15. The van der Waals surface area contributed by atoms with Crippen LogP contribution in [0.5, 0.6) is 0 Å². The maximum atomic E-state index is 11.5. The van der Waals surface area contributed by atoms with E-state index in [-0.39, 0.29) is 13.0 Å². The number of carboxylic acids is 1. The molecule has 28 heavy (non-hydrogen) atoms. The summed E-state index contributed by atoms with van der Waals surface area (Å²) in [6.07, 6.45) is -0.112. The molecule has 0 atom stereocenters. The Bertz CT molecular complexity index is 820. The van der Waals surface area contributed by atoms with Crippen LogP contribution in [0.25, 0.3) is 5.57 Å². The van der Waals surface area contributed by atoms with Crippen LogP contribution in [0.1, 0.15) is 53.6 Å². The van der Waals surface area contributed by atoms with Crippen LogP contribution >= 0.6 is 0 Å². The van der Waals surface area contributed by atoms with E-state index in [0.717, 1.165) is 22.3 Å². The molecule has 152 valence electrons. The third-order valence-electron chi connectivity index (χ3n) is 4.88. The first-order valence-corrected chi connectivity index (χ1v) is 9.59. The highest BCUT2D eigenvalue weighted by Crippen LogP contribution is 2.34. The Kier molecular flexibility index (Phi) is 9.63. The predicted octanol–water partition coefficient (Wildman–Crippen LogP) is 5.80. The van der Waals surface area contributed by atoms with E-state index in [2.05, 4.69) is 33.8 Å². The highest BCUT2D eigenvalue weighted by molar-refractivity contribution is 5.87. The van der Waals surface area contributed by atoms with E-state index in [1.54, 1.807) is 0 Å². The van der Waals surface area contributed by atoms with Crippen LogP contribution in [0.3, 0.4) is 0 Å². The highest BCUT2D eigenvalue weighted by Gasteiger charge is 2.19. The number of carboxylic acid groups (broad SMARTS) is 1. The second kappa shape index (κ2) is 11.4. The Labute approximate surface area is 168 Å². The van der Waals surface area contributed by atoms with E-state index < -0.39 is 5.97 Å². The Balaban J connectivity index is 0.00000190. The van der Waals surface area contributed by atoms with Crippen molar-refractivity contribution in [3.63, 3.8) is 0 Å². The number of aryl methyl sites for hydroxylation is 1. The topological polar surface area (TPSA) is 55.8 Å². The molecule has 0 fully saturated rings.